The zero-order chi connectivity index (χ0) is 11.5. The number of carboxylic acid groups (broad SMARTS) is 1. The molecule has 0 fully saturated rings. The number of nitrogens with zero attached hydrogens (tertiary/aromatic N) is 1. The molecule has 0 spiro atoms. The van der Waals surface area contributed by atoms with E-state index in [1.807, 2.05) is 37.3 Å². The van der Waals surface area contributed by atoms with Crippen LogP contribution in [0.5, 0.6) is 0 Å². The van der Waals surface area contributed by atoms with Gasteiger partial charge in [-0.1, -0.05) is 30.3 Å². The van der Waals surface area contributed by atoms with Crippen molar-refractivity contribution in [1.82, 2.24) is 4.98 Å². The first-order valence-corrected chi connectivity index (χ1v) is 5.70. The number of rotatable bonds is 3. The monoisotopic (exact) mass is 255 g/mol. The van der Waals surface area contributed by atoms with Gasteiger partial charge in [0.2, 0.25) is 0 Å². The molecule has 2 rings (SSSR count). The van der Waals surface area contributed by atoms with Gasteiger partial charge in [-0.15, -0.1) is 11.3 Å². The molecule has 1 aromatic carbocycles. The van der Waals surface area contributed by atoms with Crippen LogP contribution >= 0.6 is 11.3 Å². The summed E-state index contributed by atoms with van der Waals surface area (Å²) in [5.74, 6) is -1.09. The van der Waals surface area contributed by atoms with E-state index in [1.54, 1.807) is 0 Å². The average Bonchev–Trinajstić information content (AvgIpc) is 2.60. The Balaban J connectivity index is 0.00000144. The minimum Gasteiger partial charge on any atom is -0.550 e. The molecule has 0 saturated carbocycles. The topological polar surface area (TPSA) is 53.0 Å². The minimum absolute atomic E-state index is 0. The summed E-state index contributed by atoms with van der Waals surface area (Å²) >= 11 is 1.41. The van der Waals surface area contributed by atoms with Crippen LogP contribution in [-0.4, -0.2) is 11.0 Å². The van der Waals surface area contributed by atoms with Crippen molar-refractivity contribution in [2.75, 3.05) is 0 Å². The summed E-state index contributed by atoms with van der Waals surface area (Å²) in [7, 11) is 0. The maximum absolute atomic E-state index is 10.5. The molecule has 1 aromatic heterocycles. The standard InChI is InChI=1S/C12H11NO2S.Na/c1-8-12(9-5-3-2-4-6-9)13-10(16-8)7-11(14)15;/h2-6H,7H2,1H3,(H,14,15);/q;+1/p-1. The molecule has 0 aliphatic rings. The summed E-state index contributed by atoms with van der Waals surface area (Å²) in [5, 5.41) is 11.1. The van der Waals surface area contributed by atoms with Crippen LogP contribution in [-0.2, 0) is 11.2 Å². The van der Waals surface area contributed by atoms with Gasteiger partial charge in [-0.3, -0.25) is 0 Å². The smallest absolute Gasteiger partial charge is 0.550 e. The molecule has 0 N–H and O–H groups in total. The van der Waals surface area contributed by atoms with Crippen molar-refractivity contribution in [3.63, 3.8) is 0 Å². The summed E-state index contributed by atoms with van der Waals surface area (Å²) in [5.41, 5.74) is 1.88. The second kappa shape index (κ2) is 6.31. The Labute approximate surface area is 126 Å². The van der Waals surface area contributed by atoms with E-state index in [9.17, 15) is 9.90 Å². The van der Waals surface area contributed by atoms with Crippen LogP contribution in [0.15, 0.2) is 30.3 Å². The number of benzene rings is 1. The average molecular weight is 255 g/mol. The molecule has 0 aliphatic heterocycles. The molecule has 3 nitrogen and oxygen atoms in total. The number of hydrogen-bond acceptors (Lipinski definition) is 4. The van der Waals surface area contributed by atoms with Crippen molar-refractivity contribution in [2.45, 2.75) is 13.3 Å². The molecule has 0 atom stereocenters. The quantitative estimate of drug-likeness (QED) is 0.622. The van der Waals surface area contributed by atoms with Crippen LogP contribution < -0.4 is 34.7 Å². The van der Waals surface area contributed by atoms with Gasteiger partial charge >= 0.3 is 29.6 Å². The van der Waals surface area contributed by atoms with Gasteiger partial charge in [-0.25, -0.2) is 4.98 Å². The number of carbonyl (C=O) groups excluding carboxylic acids is 1. The van der Waals surface area contributed by atoms with Gasteiger partial charge in [0, 0.05) is 22.8 Å². The predicted molar refractivity (Wildman–Crippen MR) is 61.0 cm³/mol. The van der Waals surface area contributed by atoms with Crippen molar-refractivity contribution in [1.29, 1.82) is 0 Å². The van der Waals surface area contributed by atoms with Gasteiger partial charge in [0.1, 0.15) is 0 Å². The number of carboxylic acids is 1. The van der Waals surface area contributed by atoms with Gasteiger partial charge in [-0.05, 0) is 6.92 Å². The molecular weight excluding hydrogens is 245 g/mol. The minimum atomic E-state index is -1.09. The molecule has 1 heterocycles. The van der Waals surface area contributed by atoms with Gasteiger partial charge in [0.25, 0.3) is 0 Å². The number of hydrogen-bond donors (Lipinski definition) is 0. The van der Waals surface area contributed by atoms with E-state index in [0.29, 0.717) is 5.01 Å². The first-order valence-electron chi connectivity index (χ1n) is 4.88. The molecule has 0 saturated heterocycles. The normalized spacial score (nSPS) is 9.71. The Morgan fingerprint density at radius 2 is 2.00 bits per heavy atom. The summed E-state index contributed by atoms with van der Waals surface area (Å²) in [6.45, 7) is 1.94. The van der Waals surface area contributed by atoms with Crippen LogP contribution in [0, 0.1) is 6.92 Å². The fraction of sp³-hybridized carbons (Fsp3) is 0.167. The number of thiazole rings is 1. The molecule has 0 aliphatic carbocycles. The van der Waals surface area contributed by atoms with Crippen LogP contribution in [0.25, 0.3) is 11.3 Å². The van der Waals surface area contributed by atoms with E-state index < -0.39 is 5.97 Å². The van der Waals surface area contributed by atoms with Crippen LogP contribution in [0.2, 0.25) is 0 Å². The molecule has 5 heteroatoms. The van der Waals surface area contributed by atoms with E-state index in [4.69, 9.17) is 0 Å². The number of aryl methyl sites for hydroxylation is 1. The zero-order valence-corrected chi connectivity index (χ0v) is 12.6. The van der Waals surface area contributed by atoms with Gasteiger partial charge in [0.15, 0.2) is 0 Å². The fourth-order valence-corrected chi connectivity index (χ4v) is 2.45. The Morgan fingerprint density at radius 3 is 2.59 bits per heavy atom. The van der Waals surface area contributed by atoms with E-state index in [0.717, 1.165) is 16.1 Å². The second-order valence-electron chi connectivity index (χ2n) is 3.43. The molecule has 82 valence electrons. The predicted octanol–water partition coefficient (Wildman–Crippen LogP) is -1.59. The van der Waals surface area contributed by atoms with Crippen LogP contribution in [0.3, 0.4) is 0 Å². The molecule has 0 radical (unpaired) electrons. The van der Waals surface area contributed by atoms with Crippen molar-refractivity contribution < 1.29 is 39.5 Å². The van der Waals surface area contributed by atoms with Crippen molar-refractivity contribution in [3.05, 3.63) is 40.2 Å². The summed E-state index contributed by atoms with van der Waals surface area (Å²) in [6, 6.07) is 9.74. The maximum Gasteiger partial charge on any atom is 1.00 e. The largest absolute Gasteiger partial charge is 1.00 e. The maximum atomic E-state index is 10.5. The number of carbonyl (C=O) groups is 1. The summed E-state index contributed by atoms with van der Waals surface area (Å²) < 4.78 is 0. The van der Waals surface area contributed by atoms with E-state index in [2.05, 4.69) is 4.98 Å². The van der Waals surface area contributed by atoms with E-state index in [-0.39, 0.29) is 36.0 Å². The molecule has 0 bridgehead atoms. The first-order chi connectivity index (χ1) is 7.66. The third-order valence-electron chi connectivity index (χ3n) is 2.18. The molecule has 2 aromatic rings. The van der Waals surface area contributed by atoms with E-state index >= 15 is 0 Å². The number of aliphatic carboxylic acids is 1. The first kappa shape index (κ1) is 14.4. The molecule has 0 amide bonds. The molecule has 0 unspecified atom stereocenters. The molecule has 17 heavy (non-hydrogen) atoms. The Hall–Kier alpha value is -0.680. The summed E-state index contributed by atoms with van der Waals surface area (Å²) in [6.07, 6.45) is -0.113. The third kappa shape index (κ3) is 3.64. The van der Waals surface area contributed by atoms with Gasteiger partial charge in [-0.2, -0.15) is 0 Å². The van der Waals surface area contributed by atoms with Crippen molar-refractivity contribution in [2.24, 2.45) is 0 Å². The van der Waals surface area contributed by atoms with E-state index in [1.165, 1.54) is 11.3 Å². The Bertz CT molecular complexity index is 510. The summed E-state index contributed by atoms with van der Waals surface area (Å²) in [4.78, 5) is 15.8. The zero-order valence-electron chi connectivity index (χ0n) is 9.77. The van der Waals surface area contributed by atoms with Gasteiger partial charge < -0.3 is 9.90 Å². The van der Waals surface area contributed by atoms with Crippen LogP contribution in [0.1, 0.15) is 9.88 Å². The van der Waals surface area contributed by atoms with Crippen molar-refractivity contribution >= 4 is 17.3 Å². The SMILES string of the molecule is Cc1sc(CC(=O)[O-])nc1-c1ccccc1.[Na+]. The van der Waals surface area contributed by atoms with Crippen LogP contribution in [0.4, 0.5) is 0 Å². The Morgan fingerprint density at radius 1 is 1.35 bits per heavy atom. The number of aromatic nitrogens is 1. The molecular formula is C12H10NNaO2S. The Kier molecular flexibility index (Phi) is 5.33. The van der Waals surface area contributed by atoms with Gasteiger partial charge in [0.05, 0.1) is 10.7 Å². The third-order valence-corrected chi connectivity index (χ3v) is 3.15. The second-order valence-corrected chi connectivity index (χ2v) is 4.71. The van der Waals surface area contributed by atoms with Crippen molar-refractivity contribution in [3.8, 4) is 11.3 Å². The fourth-order valence-electron chi connectivity index (χ4n) is 1.51.